The highest BCUT2D eigenvalue weighted by molar-refractivity contribution is 7.16. The summed E-state index contributed by atoms with van der Waals surface area (Å²) in [4.78, 5) is 4.56. The molecule has 18 heavy (non-hydrogen) atoms. The van der Waals surface area contributed by atoms with Gasteiger partial charge in [0.1, 0.15) is 10.9 Å². The van der Waals surface area contributed by atoms with Gasteiger partial charge in [-0.15, -0.1) is 0 Å². The average molecular weight is 278 g/mol. The Kier molecular flexibility index (Phi) is 4.19. The maximum absolute atomic E-state index is 8.81. The van der Waals surface area contributed by atoms with Crippen LogP contribution in [0.15, 0.2) is 30.3 Å². The lowest BCUT2D eigenvalue weighted by Crippen LogP contribution is -2.17. The molecule has 1 aromatic heterocycles. The van der Waals surface area contributed by atoms with E-state index in [1.54, 1.807) is 0 Å². The van der Waals surface area contributed by atoms with Gasteiger partial charge in [-0.2, -0.15) is 5.26 Å². The van der Waals surface area contributed by atoms with Crippen molar-refractivity contribution < 1.29 is 0 Å². The molecular formula is C13H12ClN3S. The molecule has 0 radical (unpaired) electrons. The first kappa shape index (κ1) is 12.9. The molecule has 0 saturated heterocycles. The van der Waals surface area contributed by atoms with E-state index in [0.717, 1.165) is 6.42 Å². The Bertz CT molecular complexity index is 559. The molecule has 0 bridgehead atoms. The molecule has 92 valence electrons. The lowest BCUT2D eigenvalue weighted by atomic mass is 10.1. The van der Waals surface area contributed by atoms with E-state index < -0.39 is 0 Å². The second-order valence-electron chi connectivity index (χ2n) is 3.99. The van der Waals surface area contributed by atoms with Crippen molar-refractivity contribution in [3.8, 4) is 6.07 Å². The van der Waals surface area contributed by atoms with Crippen LogP contribution in [0.2, 0.25) is 5.15 Å². The normalized spacial score (nSPS) is 11.8. The number of anilines is 1. The number of rotatable bonds is 4. The summed E-state index contributed by atoms with van der Waals surface area (Å²) < 4.78 is 0. The predicted molar refractivity (Wildman–Crippen MR) is 75.1 cm³/mol. The standard InChI is InChI=1S/C13H12ClN3S/c1-9(7-10-5-3-2-4-6-10)16-13-17-12(14)11(8-15)18-13/h2-6,9H,7H2,1H3,(H,16,17). The third-order valence-electron chi connectivity index (χ3n) is 2.44. The summed E-state index contributed by atoms with van der Waals surface area (Å²) in [7, 11) is 0. The van der Waals surface area contributed by atoms with Gasteiger partial charge in [-0.1, -0.05) is 53.3 Å². The quantitative estimate of drug-likeness (QED) is 0.927. The van der Waals surface area contributed by atoms with Crippen molar-refractivity contribution in [2.75, 3.05) is 5.32 Å². The van der Waals surface area contributed by atoms with E-state index in [4.69, 9.17) is 16.9 Å². The Labute approximate surface area is 115 Å². The summed E-state index contributed by atoms with van der Waals surface area (Å²) in [5, 5.41) is 13.0. The van der Waals surface area contributed by atoms with Crippen molar-refractivity contribution >= 4 is 28.1 Å². The topological polar surface area (TPSA) is 48.7 Å². The van der Waals surface area contributed by atoms with Crippen molar-refractivity contribution in [3.63, 3.8) is 0 Å². The van der Waals surface area contributed by atoms with Gasteiger partial charge in [-0.25, -0.2) is 4.98 Å². The summed E-state index contributed by atoms with van der Waals surface area (Å²) in [6, 6.07) is 12.5. The number of thiazole rings is 1. The van der Waals surface area contributed by atoms with Crippen LogP contribution in [-0.4, -0.2) is 11.0 Å². The minimum absolute atomic E-state index is 0.237. The van der Waals surface area contributed by atoms with E-state index in [9.17, 15) is 0 Å². The summed E-state index contributed by atoms with van der Waals surface area (Å²) in [6.07, 6.45) is 0.903. The minimum atomic E-state index is 0.237. The smallest absolute Gasteiger partial charge is 0.185 e. The molecule has 0 saturated carbocycles. The zero-order valence-corrected chi connectivity index (χ0v) is 11.4. The largest absolute Gasteiger partial charge is 0.359 e. The van der Waals surface area contributed by atoms with Crippen molar-refractivity contribution in [2.45, 2.75) is 19.4 Å². The Morgan fingerprint density at radius 1 is 1.44 bits per heavy atom. The van der Waals surface area contributed by atoms with Gasteiger partial charge >= 0.3 is 0 Å². The van der Waals surface area contributed by atoms with E-state index in [1.165, 1.54) is 16.9 Å². The molecule has 1 N–H and O–H groups in total. The highest BCUT2D eigenvalue weighted by Crippen LogP contribution is 2.26. The van der Waals surface area contributed by atoms with E-state index in [2.05, 4.69) is 29.4 Å². The molecule has 1 unspecified atom stereocenters. The van der Waals surface area contributed by atoms with Crippen LogP contribution in [0.1, 0.15) is 17.4 Å². The molecule has 0 fully saturated rings. The molecule has 1 atom stereocenters. The first-order chi connectivity index (χ1) is 8.69. The maximum atomic E-state index is 8.81. The van der Waals surface area contributed by atoms with Crippen LogP contribution >= 0.6 is 22.9 Å². The molecule has 5 heteroatoms. The maximum Gasteiger partial charge on any atom is 0.185 e. The summed E-state index contributed by atoms with van der Waals surface area (Å²) >= 11 is 7.11. The van der Waals surface area contributed by atoms with Gasteiger partial charge in [-0.3, -0.25) is 0 Å². The van der Waals surface area contributed by atoms with Gasteiger partial charge in [0.05, 0.1) is 0 Å². The number of nitrogens with zero attached hydrogens (tertiary/aromatic N) is 2. The van der Waals surface area contributed by atoms with Gasteiger partial charge in [0, 0.05) is 6.04 Å². The predicted octanol–water partition coefficient (Wildman–Crippen LogP) is 3.71. The van der Waals surface area contributed by atoms with Crippen LogP contribution in [0, 0.1) is 11.3 Å². The number of aromatic nitrogens is 1. The first-order valence-electron chi connectivity index (χ1n) is 5.56. The van der Waals surface area contributed by atoms with Crippen LogP contribution in [0.3, 0.4) is 0 Å². The van der Waals surface area contributed by atoms with Crippen molar-refractivity contribution in [1.29, 1.82) is 5.26 Å². The zero-order chi connectivity index (χ0) is 13.0. The van der Waals surface area contributed by atoms with Gasteiger partial charge < -0.3 is 5.32 Å². The number of halogens is 1. The highest BCUT2D eigenvalue weighted by atomic mass is 35.5. The van der Waals surface area contributed by atoms with Crippen LogP contribution in [0.4, 0.5) is 5.13 Å². The fraction of sp³-hybridized carbons (Fsp3) is 0.231. The number of nitriles is 1. The van der Waals surface area contributed by atoms with Crippen LogP contribution in [0.25, 0.3) is 0 Å². The van der Waals surface area contributed by atoms with Crippen LogP contribution in [-0.2, 0) is 6.42 Å². The average Bonchev–Trinajstić information content (AvgIpc) is 2.70. The molecule has 2 aromatic rings. The zero-order valence-electron chi connectivity index (χ0n) is 9.85. The summed E-state index contributed by atoms with van der Waals surface area (Å²) in [5.74, 6) is 0. The SMILES string of the molecule is CC(Cc1ccccc1)Nc1nc(Cl)c(C#N)s1. The number of hydrogen-bond acceptors (Lipinski definition) is 4. The third-order valence-corrected chi connectivity index (χ3v) is 3.72. The minimum Gasteiger partial charge on any atom is -0.359 e. The molecule has 0 aliphatic carbocycles. The molecular weight excluding hydrogens is 266 g/mol. The Hall–Kier alpha value is -1.57. The van der Waals surface area contributed by atoms with Gasteiger partial charge in [0.15, 0.2) is 10.3 Å². The van der Waals surface area contributed by atoms with E-state index in [-0.39, 0.29) is 11.2 Å². The number of benzene rings is 1. The lowest BCUT2D eigenvalue weighted by Gasteiger charge is -2.12. The van der Waals surface area contributed by atoms with Crippen molar-refractivity contribution in [2.24, 2.45) is 0 Å². The third kappa shape index (κ3) is 3.22. The molecule has 0 spiro atoms. The van der Waals surface area contributed by atoms with E-state index in [0.29, 0.717) is 10.0 Å². The molecule has 1 heterocycles. The molecule has 0 aliphatic heterocycles. The molecule has 3 nitrogen and oxygen atoms in total. The lowest BCUT2D eigenvalue weighted by molar-refractivity contribution is 0.789. The summed E-state index contributed by atoms with van der Waals surface area (Å²) in [6.45, 7) is 2.08. The second kappa shape index (κ2) is 5.85. The Morgan fingerprint density at radius 3 is 2.78 bits per heavy atom. The van der Waals surface area contributed by atoms with Crippen LogP contribution in [0.5, 0.6) is 0 Å². The van der Waals surface area contributed by atoms with Crippen LogP contribution < -0.4 is 5.32 Å². The van der Waals surface area contributed by atoms with Gasteiger partial charge in [0.2, 0.25) is 0 Å². The van der Waals surface area contributed by atoms with E-state index in [1.807, 2.05) is 24.3 Å². The molecule has 2 rings (SSSR count). The fourth-order valence-corrected chi connectivity index (χ4v) is 2.72. The number of nitrogens with one attached hydrogen (secondary N) is 1. The van der Waals surface area contributed by atoms with E-state index >= 15 is 0 Å². The van der Waals surface area contributed by atoms with Crippen molar-refractivity contribution in [3.05, 3.63) is 45.9 Å². The summed E-state index contributed by atoms with van der Waals surface area (Å²) in [5.41, 5.74) is 1.26. The molecule has 1 aromatic carbocycles. The molecule has 0 aliphatic rings. The van der Waals surface area contributed by atoms with Gasteiger partial charge in [-0.05, 0) is 18.9 Å². The fourth-order valence-electron chi connectivity index (χ4n) is 1.66. The Balaban J connectivity index is 1.99. The second-order valence-corrected chi connectivity index (χ2v) is 5.34. The monoisotopic (exact) mass is 277 g/mol. The number of hydrogen-bond donors (Lipinski definition) is 1. The highest BCUT2D eigenvalue weighted by Gasteiger charge is 2.11. The first-order valence-corrected chi connectivity index (χ1v) is 6.75. The van der Waals surface area contributed by atoms with Gasteiger partial charge in [0.25, 0.3) is 0 Å². The van der Waals surface area contributed by atoms with Crippen molar-refractivity contribution in [1.82, 2.24) is 4.98 Å². The Morgan fingerprint density at radius 2 is 2.17 bits per heavy atom. The molecule has 0 amide bonds.